The summed E-state index contributed by atoms with van der Waals surface area (Å²) in [5.41, 5.74) is 1.68. The van der Waals surface area contributed by atoms with Crippen molar-refractivity contribution in [1.82, 2.24) is 16.0 Å². The number of carbonyl (C=O) groups is 1. The van der Waals surface area contributed by atoms with E-state index in [1.165, 1.54) is 0 Å². The molecule has 1 amide bonds. The van der Waals surface area contributed by atoms with Gasteiger partial charge in [0.25, 0.3) is 0 Å². The van der Waals surface area contributed by atoms with Crippen LogP contribution in [0.15, 0.2) is 18.2 Å². The molecule has 0 spiro atoms. The predicted octanol–water partition coefficient (Wildman–Crippen LogP) is 0.350. The number of fused-ring (bicyclic) bond motifs is 1. The fraction of sp³-hybridized carbons (Fsp3) is 0.667. The van der Waals surface area contributed by atoms with Crippen molar-refractivity contribution in [2.75, 3.05) is 26.9 Å². The molecule has 1 saturated carbocycles. The second-order valence-electron chi connectivity index (χ2n) is 8.25. The van der Waals surface area contributed by atoms with Gasteiger partial charge in [-0.3, -0.25) is 4.79 Å². The first-order valence-electron chi connectivity index (χ1n) is 10.9. The molecule has 1 fully saturated rings. The van der Waals surface area contributed by atoms with Crippen molar-refractivity contribution in [3.63, 3.8) is 0 Å². The standard InChI is InChI=1S/C21H34BN3O5/c1-23-9-10-24-18-7-5-15(6-8-18)11-20(27)25-19-12-16-3-2-4-17(13-29-14-26)21(16)30-22(19)28/h2-4,15,18-19,23-24,26,28H,5-14H2,1H3,(H,25,27)/t15?,18?,19-/m0/s1. The van der Waals surface area contributed by atoms with Crippen molar-refractivity contribution in [1.29, 1.82) is 0 Å². The molecule has 9 heteroatoms. The van der Waals surface area contributed by atoms with Gasteiger partial charge in [-0.05, 0) is 50.6 Å². The molecule has 0 unspecified atom stereocenters. The molecule has 0 saturated heterocycles. The lowest BCUT2D eigenvalue weighted by Gasteiger charge is -2.31. The number of hydrogen-bond donors (Lipinski definition) is 5. The zero-order chi connectivity index (χ0) is 21.3. The fourth-order valence-corrected chi connectivity index (χ4v) is 4.38. The van der Waals surface area contributed by atoms with Gasteiger partial charge in [0, 0.05) is 31.1 Å². The van der Waals surface area contributed by atoms with E-state index in [2.05, 4.69) is 16.0 Å². The van der Waals surface area contributed by atoms with Crippen LogP contribution in [0.3, 0.4) is 0 Å². The van der Waals surface area contributed by atoms with Gasteiger partial charge in [-0.2, -0.15) is 0 Å². The molecule has 0 bridgehead atoms. The largest absolute Gasteiger partial charge is 0.547 e. The number of nitrogens with one attached hydrogen (secondary N) is 3. The number of ether oxygens (including phenoxy) is 1. The number of para-hydroxylation sites is 1. The predicted molar refractivity (Wildman–Crippen MR) is 115 cm³/mol. The van der Waals surface area contributed by atoms with E-state index < -0.39 is 13.1 Å². The lowest BCUT2D eigenvalue weighted by molar-refractivity contribution is -0.122. The highest BCUT2D eigenvalue weighted by Crippen LogP contribution is 2.31. The molecule has 1 aliphatic carbocycles. The van der Waals surface area contributed by atoms with E-state index in [1.807, 2.05) is 25.2 Å². The van der Waals surface area contributed by atoms with Gasteiger partial charge in [0.05, 0.1) is 12.5 Å². The summed E-state index contributed by atoms with van der Waals surface area (Å²) in [4.78, 5) is 12.6. The summed E-state index contributed by atoms with van der Waals surface area (Å²) >= 11 is 0. The van der Waals surface area contributed by atoms with Crippen LogP contribution in [0.2, 0.25) is 0 Å². The zero-order valence-corrected chi connectivity index (χ0v) is 17.7. The fourth-order valence-electron chi connectivity index (χ4n) is 4.38. The molecule has 1 heterocycles. The van der Waals surface area contributed by atoms with Gasteiger partial charge in [-0.25, -0.2) is 0 Å². The molecule has 1 aromatic rings. The summed E-state index contributed by atoms with van der Waals surface area (Å²) in [6.07, 6.45) is 5.28. The lowest BCUT2D eigenvalue weighted by Crippen LogP contribution is -2.53. The molecule has 0 radical (unpaired) electrons. The lowest BCUT2D eigenvalue weighted by atomic mass is 9.72. The number of rotatable bonds is 10. The van der Waals surface area contributed by atoms with Gasteiger partial charge in [0.15, 0.2) is 0 Å². The molecule has 1 aromatic carbocycles. The first-order chi connectivity index (χ1) is 14.6. The van der Waals surface area contributed by atoms with Crippen molar-refractivity contribution in [3.8, 4) is 5.75 Å². The smallest absolute Gasteiger partial charge is 0.534 e. The number of amides is 1. The van der Waals surface area contributed by atoms with Gasteiger partial charge in [0.2, 0.25) is 5.91 Å². The van der Waals surface area contributed by atoms with Crippen molar-refractivity contribution in [2.24, 2.45) is 5.92 Å². The first kappa shape index (κ1) is 23.0. The number of carbonyl (C=O) groups excluding carboxylic acids is 1. The summed E-state index contributed by atoms with van der Waals surface area (Å²) in [5, 5.41) is 28.9. The minimum Gasteiger partial charge on any atom is -0.534 e. The van der Waals surface area contributed by atoms with Crippen LogP contribution in [0.25, 0.3) is 0 Å². The monoisotopic (exact) mass is 419 g/mol. The van der Waals surface area contributed by atoms with Crippen LogP contribution in [0.5, 0.6) is 5.75 Å². The number of likely N-dealkylation sites (N-methyl/N-ethyl adjacent to an activating group) is 1. The third-order valence-electron chi connectivity index (χ3n) is 6.02. The van der Waals surface area contributed by atoms with Crippen LogP contribution in [0.4, 0.5) is 0 Å². The summed E-state index contributed by atoms with van der Waals surface area (Å²) in [6, 6.07) is 6.19. The van der Waals surface area contributed by atoms with Gasteiger partial charge >= 0.3 is 7.12 Å². The van der Waals surface area contributed by atoms with Crippen LogP contribution in [0, 0.1) is 5.92 Å². The van der Waals surface area contributed by atoms with E-state index in [0.29, 0.717) is 30.6 Å². The third kappa shape index (κ3) is 6.42. The van der Waals surface area contributed by atoms with Gasteiger partial charge in [-0.1, -0.05) is 18.2 Å². The maximum atomic E-state index is 12.6. The average molecular weight is 419 g/mol. The summed E-state index contributed by atoms with van der Waals surface area (Å²) < 4.78 is 10.7. The quantitative estimate of drug-likeness (QED) is 0.211. The molecule has 8 nitrogen and oxygen atoms in total. The molecule has 0 aromatic heterocycles. The Morgan fingerprint density at radius 1 is 1.27 bits per heavy atom. The topological polar surface area (TPSA) is 112 Å². The Bertz CT molecular complexity index is 685. The molecule has 30 heavy (non-hydrogen) atoms. The Labute approximate surface area is 178 Å². The van der Waals surface area contributed by atoms with Gasteiger partial charge < -0.3 is 35.5 Å². The van der Waals surface area contributed by atoms with E-state index in [0.717, 1.165) is 49.9 Å². The highest BCUT2D eigenvalue weighted by atomic mass is 16.6. The van der Waals surface area contributed by atoms with Crippen molar-refractivity contribution >= 4 is 13.0 Å². The SMILES string of the molecule is CNCCNC1CCC(CC(=O)N[C@H]2Cc3cccc(COCO)c3OB2O)CC1. The van der Waals surface area contributed by atoms with Crippen molar-refractivity contribution in [2.45, 2.75) is 57.1 Å². The second kappa shape index (κ2) is 11.7. The molecule has 166 valence electrons. The minimum atomic E-state index is -1.11. The Morgan fingerprint density at radius 3 is 2.80 bits per heavy atom. The Morgan fingerprint density at radius 2 is 2.07 bits per heavy atom. The van der Waals surface area contributed by atoms with Crippen LogP contribution in [-0.4, -0.2) is 62.1 Å². The molecule has 1 aliphatic heterocycles. The van der Waals surface area contributed by atoms with Crippen molar-refractivity contribution < 1.29 is 24.3 Å². The van der Waals surface area contributed by atoms with Gasteiger partial charge in [-0.15, -0.1) is 0 Å². The number of benzene rings is 1. The van der Waals surface area contributed by atoms with Crippen LogP contribution in [0.1, 0.15) is 43.2 Å². The maximum Gasteiger partial charge on any atom is 0.547 e. The minimum absolute atomic E-state index is 0.0301. The van der Waals surface area contributed by atoms with Crippen LogP contribution >= 0.6 is 0 Å². The maximum absolute atomic E-state index is 12.6. The molecular formula is C21H34BN3O5. The van der Waals surface area contributed by atoms with Gasteiger partial charge in [0.1, 0.15) is 12.5 Å². The first-order valence-corrected chi connectivity index (χ1v) is 10.9. The molecule has 3 rings (SSSR count). The molecule has 5 N–H and O–H groups in total. The normalized spacial score (nSPS) is 23.6. The van der Waals surface area contributed by atoms with E-state index in [-0.39, 0.29) is 19.3 Å². The highest BCUT2D eigenvalue weighted by molar-refractivity contribution is 6.46. The number of aliphatic hydroxyl groups excluding tert-OH is 1. The highest BCUT2D eigenvalue weighted by Gasteiger charge is 2.37. The Hall–Kier alpha value is -1.65. The molecule has 2 aliphatic rings. The Kier molecular flexibility index (Phi) is 8.96. The van der Waals surface area contributed by atoms with E-state index in [1.54, 1.807) is 0 Å². The average Bonchev–Trinajstić information content (AvgIpc) is 2.74. The van der Waals surface area contributed by atoms with E-state index in [4.69, 9.17) is 14.5 Å². The summed E-state index contributed by atoms with van der Waals surface area (Å²) in [5.74, 6) is 0.465. The molecular weight excluding hydrogens is 385 g/mol. The summed E-state index contributed by atoms with van der Waals surface area (Å²) in [6.45, 7) is 1.77. The van der Waals surface area contributed by atoms with E-state index in [9.17, 15) is 9.82 Å². The summed E-state index contributed by atoms with van der Waals surface area (Å²) in [7, 11) is 0.846. The van der Waals surface area contributed by atoms with E-state index >= 15 is 0 Å². The third-order valence-corrected chi connectivity index (χ3v) is 6.02. The second-order valence-corrected chi connectivity index (χ2v) is 8.25. The number of hydrogen-bond acceptors (Lipinski definition) is 7. The molecule has 1 atom stereocenters. The van der Waals surface area contributed by atoms with Crippen molar-refractivity contribution in [3.05, 3.63) is 29.3 Å². The van der Waals surface area contributed by atoms with Crippen LogP contribution in [-0.2, 0) is 22.6 Å². The van der Waals surface area contributed by atoms with Crippen LogP contribution < -0.4 is 20.6 Å². The zero-order valence-electron chi connectivity index (χ0n) is 17.7. The number of aliphatic hydroxyl groups is 1. The Balaban J connectivity index is 1.46.